The summed E-state index contributed by atoms with van der Waals surface area (Å²) in [5, 5.41) is 0. The molecule has 0 radical (unpaired) electrons. The highest BCUT2D eigenvalue weighted by molar-refractivity contribution is 7.80. The van der Waals surface area contributed by atoms with E-state index in [1.807, 2.05) is 13.0 Å². The van der Waals surface area contributed by atoms with Gasteiger partial charge in [-0.3, -0.25) is 4.55 Å². The maximum Gasteiger partial charge on any atom is 0.397 e. The Morgan fingerprint density at radius 3 is 2.68 bits per heavy atom. The van der Waals surface area contributed by atoms with Gasteiger partial charge in [-0.25, -0.2) is 4.18 Å². The molecule has 1 aromatic heterocycles. The van der Waals surface area contributed by atoms with E-state index in [2.05, 4.69) is 27.7 Å². The Morgan fingerprint density at radius 1 is 1.29 bits per heavy atom. The highest BCUT2D eigenvalue weighted by atomic mass is 32.3. The molecule has 1 N–H and O–H groups in total. The van der Waals surface area contributed by atoms with Crippen LogP contribution in [0.5, 0.6) is 0 Å². The summed E-state index contributed by atoms with van der Waals surface area (Å²) in [4.78, 5) is 0. The van der Waals surface area contributed by atoms with E-state index in [-0.39, 0.29) is 16.7 Å². The molecule has 2 aliphatic rings. The summed E-state index contributed by atoms with van der Waals surface area (Å²) in [5.41, 5.74) is 4.25. The normalized spacial score (nSPS) is 28.3. The van der Waals surface area contributed by atoms with Crippen LogP contribution in [0, 0.1) is 22.7 Å². The fraction of sp³-hybridized carbons (Fsp3) is 0.760. The molecule has 5 nitrogen and oxygen atoms in total. The summed E-state index contributed by atoms with van der Waals surface area (Å²) in [6.07, 6.45) is 11.9. The van der Waals surface area contributed by atoms with Gasteiger partial charge in [0.05, 0.1) is 18.6 Å². The second-order valence-electron chi connectivity index (χ2n) is 10.9. The fourth-order valence-corrected chi connectivity index (χ4v) is 7.11. The summed E-state index contributed by atoms with van der Waals surface area (Å²) >= 11 is 0. The smallest absolute Gasteiger partial charge is 0.397 e. The van der Waals surface area contributed by atoms with E-state index >= 15 is 0 Å². The number of fused-ring (bicyclic) bond motifs is 1. The first kappa shape index (κ1) is 24.5. The monoisotopic (exact) mass is 452 g/mol. The van der Waals surface area contributed by atoms with Crippen LogP contribution in [0.25, 0.3) is 0 Å². The van der Waals surface area contributed by atoms with Crippen molar-refractivity contribution in [3.05, 3.63) is 35.3 Å². The topological polar surface area (TPSA) is 76.7 Å². The average molecular weight is 453 g/mol. The van der Waals surface area contributed by atoms with Gasteiger partial charge in [0.2, 0.25) is 0 Å². The molecule has 4 atom stereocenters. The first-order valence-electron chi connectivity index (χ1n) is 11.8. The van der Waals surface area contributed by atoms with Gasteiger partial charge in [0.1, 0.15) is 0 Å². The largest absolute Gasteiger partial charge is 0.472 e. The Bertz CT molecular complexity index is 868. The molecule has 2 aliphatic carbocycles. The third kappa shape index (κ3) is 5.82. The summed E-state index contributed by atoms with van der Waals surface area (Å²) in [6.45, 7) is 11.4. The van der Waals surface area contributed by atoms with E-state index < -0.39 is 16.5 Å². The highest BCUT2D eigenvalue weighted by Gasteiger charge is 2.50. The van der Waals surface area contributed by atoms with Gasteiger partial charge in [-0.05, 0) is 92.6 Å². The van der Waals surface area contributed by atoms with Crippen molar-refractivity contribution in [2.24, 2.45) is 22.7 Å². The van der Waals surface area contributed by atoms with Gasteiger partial charge in [0.15, 0.2) is 0 Å². The zero-order valence-electron chi connectivity index (χ0n) is 19.8. The fourth-order valence-electron chi connectivity index (χ4n) is 6.54. The van der Waals surface area contributed by atoms with E-state index in [4.69, 9.17) is 8.60 Å². The maximum absolute atomic E-state index is 11.7. The molecule has 0 saturated heterocycles. The summed E-state index contributed by atoms with van der Waals surface area (Å²) in [5.74, 6) is 0.602. The summed E-state index contributed by atoms with van der Waals surface area (Å²) < 4.78 is 43.3. The Balaban J connectivity index is 1.78. The Kier molecular flexibility index (Phi) is 7.44. The Hall–Kier alpha value is -1.11. The molecule has 0 bridgehead atoms. The van der Waals surface area contributed by atoms with Crippen LogP contribution in [0.2, 0.25) is 0 Å². The predicted molar refractivity (Wildman–Crippen MR) is 123 cm³/mol. The van der Waals surface area contributed by atoms with Crippen molar-refractivity contribution in [3.8, 4) is 0 Å². The van der Waals surface area contributed by atoms with Gasteiger partial charge in [-0.15, -0.1) is 0 Å². The second-order valence-corrected chi connectivity index (χ2v) is 11.9. The minimum Gasteiger partial charge on any atom is -0.472 e. The lowest BCUT2D eigenvalue weighted by Crippen LogP contribution is -2.46. The average Bonchev–Trinajstić information content (AvgIpc) is 3.15. The van der Waals surface area contributed by atoms with Crippen molar-refractivity contribution in [1.29, 1.82) is 0 Å². The second kappa shape index (κ2) is 9.40. The van der Waals surface area contributed by atoms with Crippen LogP contribution in [0.1, 0.15) is 91.5 Å². The van der Waals surface area contributed by atoms with E-state index in [0.717, 1.165) is 37.7 Å². The number of hydrogen-bond acceptors (Lipinski definition) is 4. The first-order chi connectivity index (χ1) is 14.4. The molecule has 31 heavy (non-hydrogen) atoms. The summed E-state index contributed by atoms with van der Waals surface area (Å²) in [7, 11) is -4.51. The molecule has 1 heterocycles. The molecule has 0 spiro atoms. The van der Waals surface area contributed by atoms with E-state index in [9.17, 15) is 13.0 Å². The van der Waals surface area contributed by atoms with E-state index in [1.165, 1.54) is 30.4 Å². The molecular formula is C25H40O5S. The molecule has 0 unspecified atom stereocenters. The van der Waals surface area contributed by atoms with Crippen LogP contribution in [-0.4, -0.2) is 19.1 Å². The zero-order chi connectivity index (χ0) is 22.9. The number of hydrogen-bond donors (Lipinski definition) is 1. The molecule has 1 aromatic rings. The van der Waals surface area contributed by atoms with Crippen LogP contribution in [0.4, 0.5) is 0 Å². The van der Waals surface area contributed by atoms with Gasteiger partial charge in [0, 0.05) is 0 Å². The van der Waals surface area contributed by atoms with Crippen LogP contribution in [0.15, 0.2) is 34.2 Å². The SMILES string of the molecule is CC1=C(C[C@H](OS(=O)(=O)O)[C@H](C)CCCc2ccoc2)[C@@]2(C)CCCC(C)(C)[C@@H]2CC1. The minimum absolute atomic E-state index is 0.00898. The van der Waals surface area contributed by atoms with Crippen molar-refractivity contribution in [1.82, 2.24) is 0 Å². The van der Waals surface area contributed by atoms with Crippen LogP contribution >= 0.6 is 0 Å². The lowest BCUT2D eigenvalue weighted by Gasteiger charge is -2.55. The summed E-state index contributed by atoms with van der Waals surface area (Å²) in [6, 6.07) is 1.96. The number of allylic oxidation sites excluding steroid dienone is 1. The number of furan rings is 1. The first-order valence-corrected chi connectivity index (χ1v) is 13.1. The van der Waals surface area contributed by atoms with Crippen LogP contribution in [-0.2, 0) is 21.0 Å². The molecule has 6 heteroatoms. The van der Waals surface area contributed by atoms with Crippen molar-refractivity contribution in [3.63, 3.8) is 0 Å². The number of rotatable bonds is 9. The van der Waals surface area contributed by atoms with E-state index in [1.54, 1.807) is 12.5 Å². The maximum atomic E-state index is 11.7. The third-order valence-corrected chi connectivity index (χ3v) is 8.72. The predicted octanol–water partition coefficient (Wildman–Crippen LogP) is 6.76. The lowest BCUT2D eigenvalue weighted by molar-refractivity contribution is 0.00425. The van der Waals surface area contributed by atoms with Crippen LogP contribution < -0.4 is 0 Å². The lowest BCUT2D eigenvalue weighted by atomic mass is 9.49. The molecule has 0 aromatic carbocycles. The van der Waals surface area contributed by atoms with Crippen LogP contribution in [0.3, 0.4) is 0 Å². The Morgan fingerprint density at radius 2 is 2.03 bits per heavy atom. The quantitative estimate of drug-likeness (QED) is 0.331. The standard InChI is InChI=1S/C25H40O5S/c1-18-10-11-23-24(3,4)13-7-14-25(23,5)21(18)16-22(30-31(26,27)28)19(2)8-6-9-20-12-15-29-17-20/h12,15,17,19,22-23H,6-11,13-14,16H2,1-5H3,(H,26,27,28)/t19-,22+,23+,25-/m1/s1. The molecule has 3 rings (SSSR count). The highest BCUT2D eigenvalue weighted by Crippen LogP contribution is 2.60. The van der Waals surface area contributed by atoms with Crippen molar-refractivity contribution in [2.75, 3.05) is 0 Å². The molecule has 1 saturated carbocycles. The van der Waals surface area contributed by atoms with Gasteiger partial charge in [-0.1, -0.05) is 45.3 Å². The van der Waals surface area contributed by atoms with Gasteiger partial charge < -0.3 is 4.42 Å². The molecule has 0 amide bonds. The van der Waals surface area contributed by atoms with Crippen molar-refractivity contribution >= 4 is 10.4 Å². The van der Waals surface area contributed by atoms with Crippen molar-refractivity contribution < 1.29 is 21.6 Å². The number of aryl methyl sites for hydroxylation is 1. The third-order valence-electron chi connectivity index (χ3n) is 8.23. The van der Waals surface area contributed by atoms with Gasteiger partial charge in [0.25, 0.3) is 0 Å². The van der Waals surface area contributed by atoms with Gasteiger partial charge >= 0.3 is 10.4 Å². The molecule has 176 valence electrons. The zero-order valence-corrected chi connectivity index (χ0v) is 20.6. The molecule has 1 fully saturated rings. The van der Waals surface area contributed by atoms with Crippen molar-refractivity contribution in [2.45, 2.75) is 98.5 Å². The molecule has 0 aliphatic heterocycles. The van der Waals surface area contributed by atoms with E-state index in [0.29, 0.717) is 12.3 Å². The Labute approximate surface area is 188 Å². The minimum atomic E-state index is -4.51. The van der Waals surface area contributed by atoms with Gasteiger partial charge in [-0.2, -0.15) is 8.42 Å². The molecular weight excluding hydrogens is 412 g/mol.